The molecule has 18 heavy (non-hydrogen) atoms. The smallest absolute Gasteiger partial charge is 0.266 e. The van der Waals surface area contributed by atoms with Crippen LogP contribution < -0.4 is 10.6 Å². The maximum absolute atomic E-state index is 5.93. The summed E-state index contributed by atoms with van der Waals surface area (Å²) in [5.41, 5.74) is 5.93. The van der Waals surface area contributed by atoms with Crippen molar-refractivity contribution in [2.24, 2.45) is 5.73 Å². The zero-order valence-electron chi connectivity index (χ0n) is 10.8. The van der Waals surface area contributed by atoms with Gasteiger partial charge in [-0.15, -0.1) is 0 Å². The average Bonchev–Trinajstić information content (AvgIpc) is 2.92. The van der Waals surface area contributed by atoms with E-state index in [2.05, 4.69) is 15.0 Å². The summed E-state index contributed by atoms with van der Waals surface area (Å²) in [6.07, 6.45) is 8.25. The van der Waals surface area contributed by atoms with Crippen LogP contribution in [0.5, 0.6) is 0 Å². The van der Waals surface area contributed by atoms with Crippen LogP contribution in [0.15, 0.2) is 4.52 Å². The Morgan fingerprint density at radius 2 is 1.89 bits per heavy atom. The molecule has 2 heterocycles. The van der Waals surface area contributed by atoms with E-state index in [9.17, 15) is 0 Å². The van der Waals surface area contributed by atoms with Crippen molar-refractivity contribution in [1.29, 1.82) is 0 Å². The number of nitrogens with two attached hydrogens (primary N) is 1. The molecule has 2 atom stereocenters. The topological polar surface area (TPSA) is 68.2 Å². The highest BCUT2D eigenvalue weighted by atomic mass is 16.5. The molecule has 5 heteroatoms. The minimum absolute atomic E-state index is 0.309. The van der Waals surface area contributed by atoms with Gasteiger partial charge in [0.25, 0.3) is 5.95 Å². The molecule has 0 bridgehead atoms. The van der Waals surface area contributed by atoms with Crippen LogP contribution in [0.1, 0.15) is 56.8 Å². The number of anilines is 1. The molecule has 1 saturated heterocycles. The van der Waals surface area contributed by atoms with E-state index in [0.717, 1.165) is 44.2 Å². The van der Waals surface area contributed by atoms with E-state index in [0.29, 0.717) is 12.0 Å². The molecule has 1 aromatic heterocycles. The van der Waals surface area contributed by atoms with Crippen LogP contribution >= 0.6 is 0 Å². The molecule has 2 unspecified atom stereocenters. The second kappa shape index (κ2) is 5.26. The molecule has 100 valence electrons. The summed E-state index contributed by atoms with van der Waals surface area (Å²) in [5, 5.41) is 4.15. The van der Waals surface area contributed by atoms with Gasteiger partial charge in [0.15, 0.2) is 0 Å². The molecule has 2 aliphatic rings. The van der Waals surface area contributed by atoms with Gasteiger partial charge >= 0.3 is 0 Å². The Kier molecular flexibility index (Phi) is 3.50. The maximum atomic E-state index is 5.93. The molecule has 1 aliphatic heterocycles. The highest BCUT2D eigenvalue weighted by Crippen LogP contribution is 2.33. The van der Waals surface area contributed by atoms with E-state index in [-0.39, 0.29) is 0 Å². The van der Waals surface area contributed by atoms with Crippen LogP contribution in [-0.2, 0) is 0 Å². The van der Waals surface area contributed by atoms with Crippen molar-refractivity contribution in [3.63, 3.8) is 0 Å². The van der Waals surface area contributed by atoms with E-state index in [1.165, 1.54) is 25.7 Å². The predicted molar refractivity (Wildman–Crippen MR) is 69.5 cm³/mol. The number of hydrogen-bond acceptors (Lipinski definition) is 5. The molecule has 0 amide bonds. The minimum atomic E-state index is 0.309. The average molecular weight is 250 g/mol. The van der Waals surface area contributed by atoms with Crippen molar-refractivity contribution in [2.45, 2.75) is 56.9 Å². The second-order valence-corrected chi connectivity index (χ2v) is 5.60. The minimum Gasteiger partial charge on any atom is -0.338 e. The van der Waals surface area contributed by atoms with E-state index in [1.54, 1.807) is 0 Å². The third-order valence-corrected chi connectivity index (χ3v) is 4.14. The van der Waals surface area contributed by atoms with Crippen LogP contribution in [0.25, 0.3) is 0 Å². The maximum Gasteiger partial charge on any atom is 0.266 e. The van der Waals surface area contributed by atoms with E-state index in [1.807, 2.05) is 0 Å². The standard InChI is InChI=1S/C13H22N4O/c14-11-6-5-10(9-11)12-15-13(16-18-12)17-7-3-1-2-4-8-17/h10-11H,1-9,14H2. The summed E-state index contributed by atoms with van der Waals surface area (Å²) in [7, 11) is 0. The molecule has 0 radical (unpaired) electrons. The summed E-state index contributed by atoms with van der Waals surface area (Å²) in [4.78, 5) is 6.84. The van der Waals surface area contributed by atoms with Gasteiger partial charge in [-0.25, -0.2) is 0 Å². The molecular weight excluding hydrogens is 228 g/mol. The van der Waals surface area contributed by atoms with Gasteiger partial charge in [-0.2, -0.15) is 4.98 Å². The number of aromatic nitrogens is 2. The molecule has 1 aromatic rings. The van der Waals surface area contributed by atoms with E-state index >= 15 is 0 Å². The highest BCUT2D eigenvalue weighted by molar-refractivity contribution is 5.28. The van der Waals surface area contributed by atoms with Gasteiger partial charge in [0.1, 0.15) is 0 Å². The number of hydrogen-bond donors (Lipinski definition) is 1. The molecule has 5 nitrogen and oxygen atoms in total. The first-order valence-electron chi connectivity index (χ1n) is 7.17. The van der Waals surface area contributed by atoms with Crippen LogP contribution in [0.4, 0.5) is 5.95 Å². The van der Waals surface area contributed by atoms with Gasteiger partial charge in [0, 0.05) is 25.0 Å². The van der Waals surface area contributed by atoms with Gasteiger partial charge in [-0.3, -0.25) is 0 Å². The van der Waals surface area contributed by atoms with E-state index in [4.69, 9.17) is 10.3 Å². The lowest BCUT2D eigenvalue weighted by Crippen LogP contribution is -2.25. The van der Waals surface area contributed by atoms with Crippen LogP contribution in [0.3, 0.4) is 0 Å². The zero-order chi connectivity index (χ0) is 12.4. The van der Waals surface area contributed by atoms with Crippen molar-refractivity contribution in [2.75, 3.05) is 18.0 Å². The summed E-state index contributed by atoms with van der Waals surface area (Å²) < 4.78 is 5.43. The molecule has 0 spiro atoms. The normalized spacial score (nSPS) is 29.5. The van der Waals surface area contributed by atoms with Gasteiger partial charge < -0.3 is 15.2 Å². The molecule has 1 saturated carbocycles. The number of nitrogens with zero attached hydrogens (tertiary/aromatic N) is 3. The monoisotopic (exact) mass is 250 g/mol. The first kappa shape index (κ1) is 12.0. The van der Waals surface area contributed by atoms with Gasteiger partial charge in [0.2, 0.25) is 5.89 Å². The summed E-state index contributed by atoms with van der Waals surface area (Å²) in [5.74, 6) is 1.96. The van der Waals surface area contributed by atoms with Crippen molar-refractivity contribution in [3.05, 3.63) is 5.89 Å². The molecular formula is C13H22N4O. The Labute approximate surface area is 108 Å². The first-order chi connectivity index (χ1) is 8.83. The third-order valence-electron chi connectivity index (χ3n) is 4.14. The Morgan fingerprint density at radius 3 is 2.56 bits per heavy atom. The number of rotatable bonds is 2. The molecule has 1 aliphatic carbocycles. The lowest BCUT2D eigenvalue weighted by molar-refractivity contribution is 0.352. The second-order valence-electron chi connectivity index (χ2n) is 5.60. The Morgan fingerprint density at radius 1 is 1.11 bits per heavy atom. The summed E-state index contributed by atoms with van der Waals surface area (Å²) in [6, 6.07) is 0.309. The summed E-state index contributed by atoms with van der Waals surface area (Å²) in [6.45, 7) is 2.12. The Hall–Kier alpha value is -1.10. The van der Waals surface area contributed by atoms with Crippen molar-refractivity contribution < 1.29 is 4.52 Å². The molecule has 3 rings (SSSR count). The Bertz CT molecular complexity index is 384. The fraction of sp³-hybridized carbons (Fsp3) is 0.846. The van der Waals surface area contributed by atoms with Crippen LogP contribution in [0.2, 0.25) is 0 Å². The fourth-order valence-electron chi connectivity index (χ4n) is 3.03. The van der Waals surface area contributed by atoms with Gasteiger partial charge in [-0.05, 0) is 37.3 Å². The van der Waals surface area contributed by atoms with E-state index < -0.39 is 0 Å². The van der Waals surface area contributed by atoms with Crippen molar-refractivity contribution in [3.8, 4) is 0 Å². The third kappa shape index (κ3) is 2.51. The molecule has 2 N–H and O–H groups in total. The van der Waals surface area contributed by atoms with Crippen LogP contribution in [-0.4, -0.2) is 29.3 Å². The predicted octanol–water partition coefficient (Wildman–Crippen LogP) is 2.04. The SMILES string of the molecule is NC1CCC(c2nc(N3CCCCCC3)no2)C1. The lowest BCUT2D eigenvalue weighted by Gasteiger charge is -2.16. The highest BCUT2D eigenvalue weighted by Gasteiger charge is 2.28. The van der Waals surface area contributed by atoms with Crippen molar-refractivity contribution in [1.82, 2.24) is 10.1 Å². The fourth-order valence-corrected chi connectivity index (χ4v) is 3.03. The molecule has 0 aromatic carbocycles. The summed E-state index contributed by atoms with van der Waals surface area (Å²) >= 11 is 0. The quantitative estimate of drug-likeness (QED) is 0.870. The zero-order valence-corrected chi connectivity index (χ0v) is 10.8. The lowest BCUT2D eigenvalue weighted by atomic mass is 10.1. The Balaban J connectivity index is 1.68. The molecule has 2 fully saturated rings. The largest absolute Gasteiger partial charge is 0.338 e. The van der Waals surface area contributed by atoms with Crippen molar-refractivity contribution >= 4 is 5.95 Å². The van der Waals surface area contributed by atoms with Gasteiger partial charge in [0.05, 0.1) is 0 Å². The van der Waals surface area contributed by atoms with Crippen LogP contribution in [0, 0.1) is 0 Å². The first-order valence-corrected chi connectivity index (χ1v) is 7.17. The van der Waals surface area contributed by atoms with Gasteiger partial charge in [-0.1, -0.05) is 12.8 Å².